The van der Waals surface area contributed by atoms with Gasteiger partial charge in [0, 0.05) is 12.4 Å². The summed E-state index contributed by atoms with van der Waals surface area (Å²) < 4.78 is 10.5. The van der Waals surface area contributed by atoms with Gasteiger partial charge in [-0.2, -0.15) is 0 Å². The van der Waals surface area contributed by atoms with Crippen molar-refractivity contribution >= 4 is 18.1 Å². The fourth-order valence-corrected chi connectivity index (χ4v) is 2.23. The van der Waals surface area contributed by atoms with E-state index in [9.17, 15) is 4.79 Å². The maximum Gasteiger partial charge on any atom is 0.343 e. The van der Waals surface area contributed by atoms with Crippen molar-refractivity contribution in [3.63, 3.8) is 0 Å². The highest BCUT2D eigenvalue weighted by Gasteiger charge is 2.09. The van der Waals surface area contributed by atoms with Gasteiger partial charge >= 0.3 is 5.97 Å². The van der Waals surface area contributed by atoms with Gasteiger partial charge in [0.15, 0.2) is 0 Å². The van der Waals surface area contributed by atoms with E-state index >= 15 is 0 Å². The molecule has 2 aromatic carbocycles. The van der Waals surface area contributed by atoms with Gasteiger partial charge in [-0.3, -0.25) is 4.98 Å². The van der Waals surface area contributed by atoms with Crippen LogP contribution in [0.15, 0.2) is 73.1 Å². The van der Waals surface area contributed by atoms with Gasteiger partial charge in [-0.1, -0.05) is 30.4 Å². The smallest absolute Gasteiger partial charge is 0.343 e. The number of carbonyl (C=O) groups excluding carboxylic acids is 1. The monoisotopic (exact) mass is 331 g/mol. The minimum absolute atomic E-state index is 0.418. The second kappa shape index (κ2) is 7.93. The minimum atomic E-state index is -0.418. The lowest BCUT2D eigenvalue weighted by atomic mass is 10.1. The van der Waals surface area contributed by atoms with Gasteiger partial charge in [-0.15, -0.1) is 0 Å². The Morgan fingerprint density at radius 3 is 2.24 bits per heavy atom. The van der Waals surface area contributed by atoms with Gasteiger partial charge in [-0.25, -0.2) is 4.79 Å². The Balaban J connectivity index is 1.66. The Hall–Kier alpha value is -3.40. The van der Waals surface area contributed by atoms with Crippen LogP contribution in [-0.2, 0) is 0 Å². The third-order valence-electron chi connectivity index (χ3n) is 3.57. The predicted molar refractivity (Wildman–Crippen MR) is 97.6 cm³/mol. The lowest BCUT2D eigenvalue weighted by Gasteiger charge is -2.06. The van der Waals surface area contributed by atoms with E-state index in [2.05, 4.69) is 4.98 Å². The van der Waals surface area contributed by atoms with Crippen molar-refractivity contribution in [2.45, 2.75) is 0 Å². The van der Waals surface area contributed by atoms with Crippen molar-refractivity contribution in [2.75, 3.05) is 7.11 Å². The molecule has 0 fully saturated rings. The maximum atomic E-state index is 12.2. The van der Waals surface area contributed by atoms with Gasteiger partial charge in [0.2, 0.25) is 0 Å². The Morgan fingerprint density at radius 2 is 1.56 bits per heavy atom. The van der Waals surface area contributed by atoms with Crippen LogP contribution in [0.1, 0.15) is 21.5 Å². The molecule has 0 atom stereocenters. The molecule has 3 rings (SSSR count). The summed E-state index contributed by atoms with van der Waals surface area (Å²) in [4.78, 5) is 16.2. The quantitative estimate of drug-likeness (QED) is 0.511. The third-order valence-corrected chi connectivity index (χ3v) is 3.57. The average Bonchev–Trinajstić information content (AvgIpc) is 2.68. The fraction of sp³-hybridized carbons (Fsp3) is 0.0476. The van der Waals surface area contributed by atoms with Crippen molar-refractivity contribution in [3.05, 3.63) is 89.7 Å². The summed E-state index contributed by atoms with van der Waals surface area (Å²) in [6, 6.07) is 18.1. The number of benzene rings is 2. The van der Waals surface area contributed by atoms with Crippen molar-refractivity contribution < 1.29 is 14.3 Å². The molecule has 0 aliphatic heterocycles. The molecule has 0 saturated carbocycles. The Morgan fingerprint density at radius 1 is 0.880 bits per heavy atom. The van der Waals surface area contributed by atoms with Crippen LogP contribution in [0.25, 0.3) is 12.2 Å². The van der Waals surface area contributed by atoms with Gasteiger partial charge in [0.25, 0.3) is 0 Å². The molecule has 4 heteroatoms. The lowest BCUT2D eigenvalue weighted by molar-refractivity contribution is 0.0734. The third kappa shape index (κ3) is 4.54. The fourth-order valence-electron chi connectivity index (χ4n) is 2.23. The molecule has 0 aliphatic carbocycles. The summed E-state index contributed by atoms with van der Waals surface area (Å²) in [6.07, 6.45) is 7.49. The topological polar surface area (TPSA) is 48.4 Å². The summed E-state index contributed by atoms with van der Waals surface area (Å²) in [6.45, 7) is 0. The standard InChI is InChI=1S/C21H17NO3/c1-24-20-4-2-3-18(15-20)21(23)25-19-9-7-16(8-10-19)5-6-17-11-13-22-14-12-17/h2-15H,1H3/b6-5+. The van der Waals surface area contributed by atoms with Crippen molar-refractivity contribution in [3.8, 4) is 11.5 Å². The van der Waals surface area contributed by atoms with Crippen LogP contribution in [0.3, 0.4) is 0 Å². The van der Waals surface area contributed by atoms with Crippen molar-refractivity contribution in [1.82, 2.24) is 4.98 Å². The molecule has 0 saturated heterocycles. The number of esters is 1. The zero-order valence-electron chi connectivity index (χ0n) is 13.8. The molecular formula is C21H17NO3. The molecule has 3 aromatic rings. The average molecular weight is 331 g/mol. The summed E-state index contributed by atoms with van der Waals surface area (Å²) in [5.74, 6) is 0.693. The van der Waals surface area contributed by atoms with E-state index in [4.69, 9.17) is 9.47 Å². The highest BCUT2D eigenvalue weighted by molar-refractivity contribution is 5.91. The first-order valence-corrected chi connectivity index (χ1v) is 7.79. The number of hydrogen-bond donors (Lipinski definition) is 0. The molecule has 4 nitrogen and oxygen atoms in total. The molecule has 0 radical (unpaired) electrons. The van der Waals surface area contributed by atoms with E-state index in [0.29, 0.717) is 17.1 Å². The van der Waals surface area contributed by atoms with Crippen molar-refractivity contribution in [2.24, 2.45) is 0 Å². The van der Waals surface area contributed by atoms with Crippen LogP contribution in [0.4, 0.5) is 0 Å². The molecule has 0 aliphatic rings. The summed E-state index contributed by atoms with van der Waals surface area (Å²) in [7, 11) is 1.56. The zero-order valence-corrected chi connectivity index (χ0v) is 13.8. The predicted octanol–water partition coefficient (Wildman–Crippen LogP) is 4.48. The summed E-state index contributed by atoms with van der Waals surface area (Å²) in [5.41, 5.74) is 2.53. The highest BCUT2D eigenvalue weighted by Crippen LogP contribution is 2.18. The molecule has 0 N–H and O–H groups in total. The molecule has 0 bridgehead atoms. The van der Waals surface area contributed by atoms with Gasteiger partial charge in [-0.05, 0) is 53.6 Å². The van der Waals surface area contributed by atoms with E-state index in [1.165, 1.54) is 0 Å². The molecule has 0 unspecified atom stereocenters. The van der Waals surface area contributed by atoms with Crippen LogP contribution in [-0.4, -0.2) is 18.1 Å². The highest BCUT2D eigenvalue weighted by atomic mass is 16.5. The van der Waals surface area contributed by atoms with E-state index in [1.807, 2.05) is 36.4 Å². The zero-order chi connectivity index (χ0) is 17.5. The van der Waals surface area contributed by atoms with E-state index in [1.54, 1.807) is 55.9 Å². The number of hydrogen-bond acceptors (Lipinski definition) is 4. The number of pyridine rings is 1. The van der Waals surface area contributed by atoms with Crippen LogP contribution in [0.5, 0.6) is 11.5 Å². The minimum Gasteiger partial charge on any atom is -0.497 e. The van der Waals surface area contributed by atoms with Crippen LogP contribution < -0.4 is 9.47 Å². The van der Waals surface area contributed by atoms with Gasteiger partial charge in [0.1, 0.15) is 11.5 Å². The van der Waals surface area contributed by atoms with Crippen molar-refractivity contribution in [1.29, 1.82) is 0 Å². The van der Waals surface area contributed by atoms with E-state index in [-0.39, 0.29) is 0 Å². The molecule has 1 aromatic heterocycles. The van der Waals surface area contributed by atoms with Gasteiger partial charge < -0.3 is 9.47 Å². The van der Waals surface area contributed by atoms with Crippen LogP contribution in [0.2, 0.25) is 0 Å². The largest absolute Gasteiger partial charge is 0.497 e. The second-order valence-corrected chi connectivity index (χ2v) is 5.30. The Kier molecular flexibility index (Phi) is 5.22. The normalized spacial score (nSPS) is 10.6. The summed E-state index contributed by atoms with van der Waals surface area (Å²) >= 11 is 0. The van der Waals surface area contributed by atoms with Gasteiger partial charge in [0.05, 0.1) is 12.7 Å². The first kappa shape index (κ1) is 16.5. The number of aromatic nitrogens is 1. The number of ether oxygens (including phenoxy) is 2. The molecular weight excluding hydrogens is 314 g/mol. The summed E-state index contributed by atoms with van der Waals surface area (Å²) in [5, 5.41) is 0. The molecule has 124 valence electrons. The van der Waals surface area contributed by atoms with E-state index < -0.39 is 5.97 Å². The number of carbonyl (C=O) groups is 1. The Bertz CT molecular complexity index is 871. The Labute approximate surface area is 146 Å². The van der Waals surface area contributed by atoms with Crippen LogP contribution >= 0.6 is 0 Å². The van der Waals surface area contributed by atoms with E-state index in [0.717, 1.165) is 11.1 Å². The molecule has 25 heavy (non-hydrogen) atoms. The molecule has 1 heterocycles. The molecule has 0 amide bonds. The first-order chi connectivity index (χ1) is 12.2. The first-order valence-electron chi connectivity index (χ1n) is 7.79. The number of rotatable bonds is 5. The second-order valence-electron chi connectivity index (χ2n) is 5.30. The number of methoxy groups -OCH3 is 1. The molecule has 0 spiro atoms. The SMILES string of the molecule is COc1cccc(C(=O)Oc2ccc(/C=C/c3ccncc3)cc2)c1. The number of nitrogens with zero attached hydrogens (tertiary/aromatic N) is 1. The van der Waals surface area contributed by atoms with Crippen LogP contribution in [0, 0.1) is 0 Å². The maximum absolute atomic E-state index is 12.2. The lowest BCUT2D eigenvalue weighted by Crippen LogP contribution is -2.08.